The fourth-order valence-electron chi connectivity index (χ4n) is 2.97. The third-order valence-corrected chi connectivity index (χ3v) is 4.63. The predicted molar refractivity (Wildman–Crippen MR) is 117 cm³/mol. The fraction of sp³-hybridized carbons (Fsp3) is 0.348. The summed E-state index contributed by atoms with van der Waals surface area (Å²) in [5, 5.41) is 14.0. The van der Waals surface area contributed by atoms with Crippen molar-refractivity contribution in [3.8, 4) is 5.75 Å². The molecule has 0 spiro atoms. The number of aryl methyl sites for hydroxylation is 2. The number of rotatable bonds is 8. The molecule has 1 aromatic heterocycles. The normalized spacial score (nSPS) is 12.1. The molecule has 5 nitrogen and oxygen atoms in total. The quantitative estimate of drug-likeness (QED) is 0.530. The van der Waals surface area contributed by atoms with Crippen molar-refractivity contribution in [1.29, 1.82) is 0 Å². The molecule has 3 rings (SSSR count). The Balaban J connectivity index is 0.00000300. The smallest absolute Gasteiger partial charge is 0.228 e. The van der Waals surface area contributed by atoms with Crippen LogP contribution in [0.1, 0.15) is 41.1 Å². The van der Waals surface area contributed by atoms with E-state index in [0.717, 1.165) is 16.5 Å². The van der Waals surface area contributed by atoms with Gasteiger partial charge in [-0.3, -0.25) is 4.79 Å². The second-order valence-corrected chi connectivity index (χ2v) is 7.44. The number of furan rings is 1. The van der Waals surface area contributed by atoms with Gasteiger partial charge < -0.3 is 19.6 Å². The number of carbonyl (C=O) groups is 1. The number of benzene rings is 2. The third-order valence-electron chi connectivity index (χ3n) is 4.63. The number of hydrogen-bond acceptors (Lipinski definition) is 5. The van der Waals surface area contributed by atoms with Gasteiger partial charge in [0.1, 0.15) is 24.0 Å². The summed E-state index contributed by atoms with van der Waals surface area (Å²) < 4.78 is 11.5. The van der Waals surface area contributed by atoms with E-state index in [1.165, 1.54) is 0 Å². The minimum Gasteiger partial charge on any atom is -0.491 e. The largest absolute Gasteiger partial charge is 0.491 e. The van der Waals surface area contributed by atoms with E-state index < -0.39 is 6.10 Å². The molecule has 0 saturated heterocycles. The summed E-state index contributed by atoms with van der Waals surface area (Å²) in [6.45, 7) is 8.57. The Morgan fingerprint density at radius 1 is 1.14 bits per heavy atom. The Bertz CT molecular complexity index is 963. The van der Waals surface area contributed by atoms with Gasteiger partial charge in [-0.15, -0.1) is 12.4 Å². The zero-order valence-electron chi connectivity index (χ0n) is 17.2. The lowest BCUT2D eigenvalue weighted by Gasteiger charge is -2.15. The number of ketones is 1. The lowest BCUT2D eigenvalue weighted by atomic mass is 10.0. The third kappa shape index (κ3) is 5.60. The molecule has 0 radical (unpaired) electrons. The summed E-state index contributed by atoms with van der Waals surface area (Å²) in [4.78, 5) is 12.8. The molecule has 0 saturated carbocycles. The minimum atomic E-state index is -0.595. The van der Waals surface area contributed by atoms with Gasteiger partial charge in [0.25, 0.3) is 0 Å². The van der Waals surface area contributed by atoms with Crippen LogP contribution in [0.5, 0.6) is 5.75 Å². The predicted octanol–water partition coefficient (Wildman–Crippen LogP) is 4.44. The molecule has 3 aromatic rings. The lowest BCUT2D eigenvalue weighted by molar-refractivity contribution is 0.101. The van der Waals surface area contributed by atoms with Gasteiger partial charge in [0.15, 0.2) is 5.76 Å². The molecule has 1 unspecified atom stereocenters. The second kappa shape index (κ2) is 9.92. The molecule has 1 heterocycles. The fourth-order valence-corrected chi connectivity index (χ4v) is 2.97. The topological polar surface area (TPSA) is 71.7 Å². The number of carbonyl (C=O) groups excluding carboxylic acids is 1. The monoisotopic (exact) mass is 417 g/mol. The second-order valence-electron chi connectivity index (χ2n) is 7.44. The maximum absolute atomic E-state index is 12.8. The number of aliphatic hydroxyl groups is 1. The molecule has 0 aliphatic rings. The van der Waals surface area contributed by atoms with E-state index in [1.54, 1.807) is 12.1 Å². The molecule has 2 N–H and O–H groups in total. The zero-order chi connectivity index (χ0) is 20.3. The van der Waals surface area contributed by atoms with Crippen molar-refractivity contribution >= 4 is 29.2 Å². The summed E-state index contributed by atoms with van der Waals surface area (Å²) in [7, 11) is 0. The highest BCUT2D eigenvalue weighted by atomic mass is 35.5. The highest BCUT2D eigenvalue weighted by Crippen LogP contribution is 2.30. The van der Waals surface area contributed by atoms with Gasteiger partial charge in [-0.1, -0.05) is 43.7 Å². The maximum Gasteiger partial charge on any atom is 0.228 e. The Hall–Kier alpha value is -2.34. The molecule has 6 heteroatoms. The molecule has 0 bridgehead atoms. The first-order valence-electron chi connectivity index (χ1n) is 9.54. The SMILES string of the molecule is Cc1ccc(C(=O)c2oc3ccc(OCC(O)CNC(C)C)cc3c2C)cc1.Cl. The molecule has 29 heavy (non-hydrogen) atoms. The first kappa shape index (κ1) is 22.9. The van der Waals surface area contributed by atoms with Crippen LogP contribution in [0.4, 0.5) is 0 Å². The van der Waals surface area contributed by atoms with Crippen molar-refractivity contribution in [3.05, 3.63) is 64.9 Å². The number of fused-ring (bicyclic) bond motifs is 1. The van der Waals surface area contributed by atoms with Gasteiger partial charge in [-0.05, 0) is 32.0 Å². The van der Waals surface area contributed by atoms with Crippen LogP contribution in [0.25, 0.3) is 11.0 Å². The Morgan fingerprint density at radius 2 is 1.83 bits per heavy atom. The first-order valence-corrected chi connectivity index (χ1v) is 9.54. The van der Waals surface area contributed by atoms with Crippen molar-refractivity contribution in [2.45, 2.75) is 39.8 Å². The molecular weight excluding hydrogens is 390 g/mol. The minimum absolute atomic E-state index is 0. The number of ether oxygens (including phenoxy) is 1. The molecule has 2 aromatic carbocycles. The van der Waals surface area contributed by atoms with Crippen molar-refractivity contribution in [3.63, 3.8) is 0 Å². The summed E-state index contributed by atoms with van der Waals surface area (Å²) in [5.41, 5.74) is 3.13. The van der Waals surface area contributed by atoms with E-state index in [-0.39, 0.29) is 24.8 Å². The molecule has 156 valence electrons. The molecule has 1 atom stereocenters. The van der Waals surface area contributed by atoms with Gasteiger partial charge in [-0.25, -0.2) is 0 Å². The van der Waals surface area contributed by atoms with Crippen molar-refractivity contribution in [2.24, 2.45) is 0 Å². The average Bonchev–Trinajstić information content (AvgIpc) is 3.01. The average molecular weight is 418 g/mol. The van der Waals surface area contributed by atoms with Gasteiger partial charge >= 0.3 is 0 Å². The molecule has 0 fully saturated rings. The summed E-state index contributed by atoms with van der Waals surface area (Å²) in [6.07, 6.45) is -0.595. The lowest BCUT2D eigenvalue weighted by Crippen LogP contribution is -2.35. The standard InChI is InChI=1S/C23H27NO4.ClH/c1-14(2)24-12-18(25)13-27-19-9-10-21-20(11-19)16(4)23(28-21)22(26)17-7-5-15(3)6-8-17;/h5-11,14,18,24-25H,12-13H2,1-4H3;1H. The number of aliphatic hydroxyl groups excluding tert-OH is 1. The first-order chi connectivity index (χ1) is 13.3. The van der Waals surface area contributed by atoms with Crippen LogP contribution in [0, 0.1) is 13.8 Å². The van der Waals surface area contributed by atoms with Crippen LogP contribution in [-0.2, 0) is 0 Å². The van der Waals surface area contributed by atoms with Gasteiger partial charge in [0, 0.05) is 29.1 Å². The van der Waals surface area contributed by atoms with E-state index in [4.69, 9.17) is 9.15 Å². The van der Waals surface area contributed by atoms with Gasteiger partial charge in [-0.2, -0.15) is 0 Å². The van der Waals surface area contributed by atoms with E-state index in [0.29, 0.717) is 35.2 Å². The van der Waals surface area contributed by atoms with Crippen molar-refractivity contribution in [1.82, 2.24) is 5.32 Å². The zero-order valence-corrected chi connectivity index (χ0v) is 18.0. The Kier molecular flexibility index (Phi) is 7.85. The van der Waals surface area contributed by atoms with Crippen LogP contribution in [0.15, 0.2) is 46.9 Å². The molecule has 0 amide bonds. The van der Waals surface area contributed by atoms with Crippen LogP contribution in [0.2, 0.25) is 0 Å². The highest BCUT2D eigenvalue weighted by molar-refractivity contribution is 6.10. The Labute approximate surface area is 177 Å². The van der Waals surface area contributed by atoms with Crippen molar-refractivity contribution in [2.75, 3.05) is 13.2 Å². The summed E-state index contributed by atoms with van der Waals surface area (Å²) in [6, 6.07) is 13.2. The maximum atomic E-state index is 12.8. The van der Waals surface area contributed by atoms with Crippen LogP contribution in [0.3, 0.4) is 0 Å². The van der Waals surface area contributed by atoms with Gasteiger partial charge in [0.2, 0.25) is 5.78 Å². The van der Waals surface area contributed by atoms with Gasteiger partial charge in [0.05, 0.1) is 0 Å². The Morgan fingerprint density at radius 3 is 2.48 bits per heavy atom. The number of hydrogen-bond donors (Lipinski definition) is 2. The van der Waals surface area contributed by atoms with Crippen LogP contribution < -0.4 is 10.1 Å². The van der Waals surface area contributed by atoms with E-state index >= 15 is 0 Å². The molecular formula is C23H28ClNO4. The molecule has 0 aliphatic heterocycles. The van der Waals surface area contributed by atoms with E-state index in [1.807, 2.05) is 58.0 Å². The summed E-state index contributed by atoms with van der Waals surface area (Å²) in [5.74, 6) is 0.845. The van der Waals surface area contributed by atoms with E-state index in [2.05, 4.69) is 5.32 Å². The summed E-state index contributed by atoms with van der Waals surface area (Å²) >= 11 is 0. The highest BCUT2D eigenvalue weighted by Gasteiger charge is 2.19. The van der Waals surface area contributed by atoms with E-state index in [9.17, 15) is 9.90 Å². The molecule has 0 aliphatic carbocycles. The van der Waals surface area contributed by atoms with Crippen LogP contribution in [-0.4, -0.2) is 36.2 Å². The number of halogens is 1. The number of nitrogens with one attached hydrogen (secondary N) is 1. The van der Waals surface area contributed by atoms with Crippen molar-refractivity contribution < 1.29 is 19.1 Å². The van der Waals surface area contributed by atoms with Crippen LogP contribution >= 0.6 is 12.4 Å².